The minimum absolute atomic E-state index is 0.0158. The van der Waals surface area contributed by atoms with Crippen LogP contribution in [0.4, 0.5) is 5.69 Å². The van der Waals surface area contributed by atoms with Gasteiger partial charge in [0, 0.05) is 25.1 Å². The predicted molar refractivity (Wildman–Crippen MR) is 116 cm³/mol. The van der Waals surface area contributed by atoms with Crippen LogP contribution in [-0.4, -0.2) is 31.5 Å². The van der Waals surface area contributed by atoms with Crippen molar-refractivity contribution in [3.05, 3.63) is 95.8 Å². The van der Waals surface area contributed by atoms with E-state index in [9.17, 15) is 4.79 Å². The van der Waals surface area contributed by atoms with Gasteiger partial charge in [-0.2, -0.15) is 0 Å². The third kappa shape index (κ3) is 5.73. The summed E-state index contributed by atoms with van der Waals surface area (Å²) >= 11 is 0. The fourth-order valence-electron chi connectivity index (χ4n) is 3.14. The minimum atomic E-state index is -0.0904. The van der Waals surface area contributed by atoms with Crippen molar-refractivity contribution in [1.82, 2.24) is 10.3 Å². The molecule has 3 aromatic rings. The quantitative estimate of drug-likeness (QED) is 0.595. The second-order valence-electron chi connectivity index (χ2n) is 6.88. The van der Waals surface area contributed by atoms with Gasteiger partial charge in [-0.15, -0.1) is 0 Å². The van der Waals surface area contributed by atoms with Crippen LogP contribution in [0.25, 0.3) is 0 Å². The van der Waals surface area contributed by atoms with Gasteiger partial charge in [0.05, 0.1) is 18.3 Å². The minimum Gasteiger partial charge on any atom is -0.369 e. The second kappa shape index (κ2) is 10.5. The molecule has 0 bridgehead atoms. The summed E-state index contributed by atoms with van der Waals surface area (Å²) in [5, 5.41) is 3.19. The SMILES string of the molecule is CNCCC(OCc1cccc(N(C)C(=O)c2cccnc2)c1)c1ccccc1. The average Bonchev–Trinajstić information content (AvgIpc) is 2.79. The molecule has 0 fully saturated rings. The van der Waals surface area contributed by atoms with Gasteiger partial charge in [0.2, 0.25) is 0 Å². The Bertz CT molecular complexity index is 900. The van der Waals surface area contributed by atoms with E-state index in [2.05, 4.69) is 22.4 Å². The van der Waals surface area contributed by atoms with E-state index in [1.54, 1.807) is 36.5 Å². The highest BCUT2D eigenvalue weighted by molar-refractivity contribution is 6.05. The molecule has 5 nitrogen and oxygen atoms in total. The molecule has 0 aliphatic carbocycles. The molecule has 3 rings (SSSR count). The number of hydrogen-bond donors (Lipinski definition) is 1. The summed E-state index contributed by atoms with van der Waals surface area (Å²) in [5.74, 6) is -0.0904. The molecule has 1 amide bonds. The Labute approximate surface area is 172 Å². The number of rotatable bonds is 9. The molecule has 1 N–H and O–H groups in total. The first-order chi connectivity index (χ1) is 14.2. The first-order valence-corrected chi connectivity index (χ1v) is 9.77. The van der Waals surface area contributed by atoms with E-state index in [0.717, 1.165) is 24.2 Å². The third-order valence-corrected chi connectivity index (χ3v) is 4.79. The van der Waals surface area contributed by atoms with E-state index in [-0.39, 0.29) is 12.0 Å². The Kier molecular flexibility index (Phi) is 7.50. The zero-order valence-electron chi connectivity index (χ0n) is 16.9. The molecule has 1 unspecified atom stereocenters. The highest BCUT2D eigenvalue weighted by Crippen LogP contribution is 2.24. The Morgan fingerprint density at radius 2 is 1.93 bits per heavy atom. The van der Waals surface area contributed by atoms with Gasteiger partial charge in [0.15, 0.2) is 0 Å². The smallest absolute Gasteiger partial charge is 0.259 e. The van der Waals surface area contributed by atoms with Gasteiger partial charge in [0.1, 0.15) is 0 Å². The van der Waals surface area contributed by atoms with Crippen molar-refractivity contribution < 1.29 is 9.53 Å². The lowest BCUT2D eigenvalue weighted by atomic mass is 10.1. The van der Waals surface area contributed by atoms with Crippen LogP contribution in [0.5, 0.6) is 0 Å². The number of carbonyl (C=O) groups excluding carboxylic acids is 1. The van der Waals surface area contributed by atoms with Gasteiger partial charge >= 0.3 is 0 Å². The van der Waals surface area contributed by atoms with Crippen LogP contribution in [0, 0.1) is 0 Å². The van der Waals surface area contributed by atoms with E-state index in [0.29, 0.717) is 12.2 Å². The predicted octanol–water partition coefficient (Wildman–Crippen LogP) is 4.23. The molecule has 1 heterocycles. The number of aromatic nitrogens is 1. The normalized spacial score (nSPS) is 11.8. The number of pyridine rings is 1. The molecule has 1 atom stereocenters. The molecule has 0 radical (unpaired) electrons. The summed E-state index contributed by atoms with van der Waals surface area (Å²) in [6.45, 7) is 1.36. The lowest BCUT2D eigenvalue weighted by Gasteiger charge is -2.20. The number of nitrogens with zero attached hydrogens (tertiary/aromatic N) is 2. The van der Waals surface area contributed by atoms with E-state index >= 15 is 0 Å². The first kappa shape index (κ1) is 20.7. The highest BCUT2D eigenvalue weighted by Gasteiger charge is 2.15. The summed E-state index contributed by atoms with van der Waals surface area (Å²) in [6, 6.07) is 21.7. The van der Waals surface area contributed by atoms with Gasteiger partial charge in [-0.05, 0) is 55.4 Å². The van der Waals surface area contributed by atoms with Gasteiger partial charge in [-0.3, -0.25) is 9.78 Å². The monoisotopic (exact) mass is 389 g/mol. The summed E-state index contributed by atoms with van der Waals surface area (Å²) in [6.07, 6.45) is 4.14. The van der Waals surface area contributed by atoms with Crippen LogP contribution in [0.1, 0.15) is 34.0 Å². The molecule has 29 heavy (non-hydrogen) atoms. The fraction of sp³-hybridized carbons (Fsp3) is 0.250. The van der Waals surface area contributed by atoms with Crippen molar-refractivity contribution in [3.63, 3.8) is 0 Å². The number of amides is 1. The lowest BCUT2D eigenvalue weighted by molar-refractivity contribution is 0.0344. The molecule has 0 saturated carbocycles. The van der Waals surface area contributed by atoms with Crippen molar-refractivity contribution in [2.24, 2.45) is 0 Å². The van der Waals surface area contributed by atoms with Crippen LogP contribution in [-0.2, 0) is 11.3 Å². The summed E-state index contributed by atoms with van der Waals surface area (Å²) in [4.78, 5) is 18.3. The van der Waals surface area contributed by atoms with E-state index in [4.69, 9.17) is 4.74 Å². The molecule has 0 aliphatic rings. The molecule has 0 aliphatic heterocycles. The van der Waals surface area contributed by atoms with Crippen molar-refractivity contribution >= 4 is 11.6 Å². The largest absolute Gasteiger partial charge is 0.369 e. The standard InChI is InChI=1S/C24H27N3O2/c1-25-15-13-23(20-9-4-3-5-10-20)29-18-19-8-6-12-22(16-19)27(2)24(28)21-11-7-14-26-17-21/h3-12,14,16-17,23,25H,13,15,18H2,1-2H3. The highest BCUT2D eigenvalue weighted by atomic mass is 16.5. The number of carbonyl (C=O) groups is 1. The van der Waals surface area contributed by atoms with Crippen molar-refractivity contribution in [3.8, 4) is 0 Å². The Balaban J connectivity index is 1.69. The fourth-order valence-corrected chi connectivity index (χ4v) is 3.14. The molecular weight excluding hydrogens is 362 g/mol. The molecule has 0 saturated heterocycles. The van der Waals surface area contributed by atoms with Crippen LogP contribution < -0.4 is 10.2 Å². The third-order valence-electron chi connectivity index (χ3n) is 4.79. The van der Waals surface area contributed by atoms with E-state index in [1.165, 1.54) is 5.56 Å². The summed E-state index contributed by atoms with van der Waals surface area (Å²) in [7, 11) is 3.72. The van der Waals surface area contributed by atoms with Crippen LogP contribution in [0.3, 0.4) is 0 Å². The zero-order valence-corrected chi connectivity index (χ0v) is 16.9. The summed E-state index contributed by atoms with van der Waals surface area (Å²) < 4.78 is 6.24. The topological polar surface area (TPSA) is 54.5 Å². The molecule has 5 heteroatoms. The number of ether oxygens (including phenoxy) is 1. The Hall–Kier alpha value is -3.02. The molecule has 2 aromatic carbocycles. The number of nitrogens with one attached hydrogen (secondary N) is 1. The summed E-state index contributed by atoms with van der Waals surface area (Å²) in [5.41, 5.74) is 3.58. The maximum atomic E-state index is 12.7. The Morgan fingerprint density at radius 1 is 1.10 bits per heavy atom. The van der Waals surface area contributed by atoms with Gasteiger partial charge in [0.25, 0.3) is 5.91 Å². The van der Waals surface area contributed by atoms with Crippen LogP contribution in [0.15, 0.2) is 79.1 Å². The van der Waals surface area contributed by atoms with Crippen molar-refractivity contribution in [1.29, 1.82) is 0 Å². The maximum Gasteiger partial charge on any atom is 0.259 e. The molecule has 150 valence electrons. The number of anilines is 1. The van der Waals surface area contributed by atoms with Crippen LogP contribution in [0.2, 0.25) is 0 Å². The van der Waals surface area contributed by atoms with Crippen molar-refractivity contribution in [2.45, 2.75) is 19.1 Å². The van der Waals surface area contributed by atoms with E-state index < -0.39 is 0 Å². The van der Waals surface area contributed by atoms with Gasteiger partial charge in [-0.1, -0.05) is 42.5 Å². The molecular formula is C24H27N3O2. The number of hydrogen-bond acceptors (Lipinski definition) is 4. The maximum absolute atomic E-state index is 12.7. The molecule has 0 spiro atoms. The first-order valence-electron chi connectivity index (χ1n) is 9.77. The number of benzene rings is 2. The Morgan fingerprint density at radius 3 is 2.66 bits per heavy atom. The second-order valence-corrected chi connectivity index (χ2v) is 6.88. The average molecular weight is 389 g/mol. The molecule has 1 aromatic heterocycles. The van der Waals surface area contributed by atoms with Crippen LogP contribution >= 0.6 is 0 Å². The van der Waals surface area contributed by atoms with Gasteiger partial charge in [-0.25, -0.2) is 0 Å². The van der Waals surface area contributed by atoms with Gasteiger partial charge < -0.3 is 15.0 Å². The van der Waals surface area contributed by atoms with Crippen molar-refractivity contribution in [2.75, 3.05) is 25.5 Å². The van der Waals surface area contributed by atoms with E-state index in [1.807, 2.05) is 49.5 Å². The zero-order chi connectivity index (χ0) is 20.5. The lowest BCUT2D eigenvalue weighted by Crippen LogP contribution is -2.26.